The average Bonchev–Trinajstić information content (AvgIpc) is 2.89. The third kappa shape index (κ3) is 14.3. The monoisotopic (exact) mass is 801 g/mol. The van der Waals surface area contributed by atoms with Gasteiger partial charge in [-0.1, -0.05) is 41.5 Å². The van der Waals surface area contributed by atoms with Gasteiger partial charge in [-0.25, -0.2) is 16.8 Å². The fraction of sp³-hybridized carbons (Fsp3) is 0.875. The van der Waals surface area contributed by atoms with Gasteiger partial charge in [0.05, 0.1) is 0 Å². The summed E-state index contributed by atoms with van der Waals surface area (Å²) in [5.41, 5.74) is -1.10. The summed E-state index contributed by atoms with van der Waals surface area (Å²) in [6.45, 7) is 3.75. The summed E-state index contributed by atoms with van der Waals surface area (Å²) in [5, 5.41) is -12.2. The van der Waals surface area contributed by atoms with Gasteiger partial charge in [0, 0.05) is 65.4 Å². The van der Waals surface area contributed by atoms with E-state index >= 15 is 0 Å². The predicted octanol–water partition coefficient (Wildman–Crippen LogP) is -0.500. The number of rotatable bonds is 20. The molecule has 0 saturated heterocycles. The quantitative estimate of drug-likeness (QED) is 0.0798. The van der Waals surface area contributed by atoms with Gasteiger partial charge in [0.15, 0.2) is 20.2 Å². The van der Waals surface area contributed by atoms with E-state index in [0.29, 0.717) is 0 Å². The second-order valence-electron chi connectivity index (χ2n) is 13.3. The zero-order valence-electron chi connectivity index (χ0n) is 27.8. The van der Waals surface area contributed by atoms with Crippen LogP contribution in [0.25, 0.3) is 0 Å². The van der Waals surface area contributed by atoms with E-state index in [1.165, 1.54) is 10.2 Å². The molecule has 0 aromatic heterocycles. The van der Waals surface area contributed by atoms with Gasteiger partial charge >= 0.3 is 43.6 Å². The van der Waals surface area contributed by atoms with Crippen LogP contribution in [0, 0.1) is 10.8 Å². The summed E-state index contributed by atoms with van der Waals surface area (Å²) in [6.07, 6.45) is 0. The number of carbonyl (C=O) groups excluding carboxylic acids is 3. The van der Waals surface area contributed by atoms with Crippen molar-refractivity contribution in [2.45, 2.75) is 57.3 Å². The summed E-state index contributed by atoms with van der Waals surface area (Å²) >= 11 is 0. The molecule has 0 aliphatic carbocycles. The van der Waals surface area contributed by atoms with Crippen LogP contribution in [0.1, 0.15) is 41.5 Å². The van der Waals surface area contributed by atoms with Gasteiger partial charge in [0.1, 0.15) is 0 Å². The molecule has 0 heterocycles. The second kappa shape index (κ2) is 17.0. The van der Waals surface area contributed by atoms with E-state index in [9.17, 15) is 75.1 Å². The zero-order chi connectivity index (χ0) is 39.9. The largest absolute Gasteiger partial charge is 0.743 e. The van der Waals surface area contributed by atoms with Crippen LogP contribution in [0.15, 0.2) is 0 Å². The van der Waals surface area contributed by atoms with Crippen molar-refractivity contribution in [3.63, 3.8) is 0 Å². The number of nitrogens with one attached hydrogen (secondary N) is 2. The van der Waals surface area contributed by atoms with Gasteiger partial charge in [-0.05, 0) is 10.8 Å². The molecule has 296 valence electrons. The third-order valence-electron chi connectivity index (χ3n) is 6.24. The Labute approximate surface area is 286 Å². The Morgan fingerprint density at radius 2 is 1.02 bits per heavy atom. The van der Waals surface area contributed by atoms with Crippen LogP contribution in [0.3, 0.4) is 0 Å². The lowest BCUT2D eigenvalue weighted by Crippen LogP contribution is -2.55. The van der Waals surface area contributed by atoms with E-state index in [2.05, 4.69) is 5.32 Å². The van der Waals surface area contributed by atoms with Crippen molar-refractivity contribution >= 4 is 48.1 Å². The molecule has 0 radical (unpaired) electrons. The van der Waals surface area contributed by atoms with Crippen LogP contribution in [0.4, 0.5) is 26.3 Å². The fourth-order valence-corrected chi connectivity index (χ4v) is 4.87. The summed E-state index contributed by atoms with van der Waals surface area (Å²) in [5.74, 6) is -7.73. The topological polar surface area (TPSA) is 254 Å². The molecule has 0 aromatic carbocycles. The highest BCUT2D eigenvalue weighted by Crippen LogP contribution is 2.26. The molecular weight excluding hydrogens is 760 g/mol. The maximum atomic E-state index is 14.4. The molecule has 0 saturated carbocycles. The molecule has 0 spiro atoms. The van der Waals surface area contributed by atoms with Crippen LogP contribution in [0.5, 0.6) is 0 Å². The number of amides is 3. The van der Waals surface area contributed by atoms with Gasteiger partial charge in [-0.15, -0.1) is 0 Å². The molecule has 0 aromatic rings. The molecule has 50 heavy (non-hydrogen) atoms. The maximum Gasteiger partial charge on any atom is 0.446 e. The molecular formula is C24H41F6N5O12S3-2. The minimum atomic E-state index is -6.70. The first-order chi connectivity index (χ1) is 22.0. The summed E-state index contributed by atoms with van der Waals surface area (Å²) < 4.78 is 182. The molecule has 26 heteroatoms. The average molecular weight is 802 g/mol. The number of hydrogen-bond donors (Lipinski definition) is 3. The predicted molar refractivity (Wildman–Crippen MR) is 160 cm³/mol. The minimum absolute atomic E-state index is 0.0348. The molecule has 0 rings (SSSR count). The van der Waals surface area contributed by atoms with Crippen LogP contribution in [0.2, 0.25) is 0 Å². The number of carbonyl (C=O) groups is 3. The van der Waals surface area contributed by atoms with Gasteiger partial charge in [0.2, 0.25) is 0 Å². The molecule has 3 N–H and O–H groups in total. The van der Waals surface area contributed by atoms with Gasteiger partial charge in [0.25, 0.3) is 0 Å². The van der Waals surface area contributed by atoms with Crippen LogP contribution < -0.4 is 10.6 Å². The first-order valence-electron chi connectivity index (χ1n) is 14.3. The molecule has 0 fully saturated rings. The van der Waals surface area contributed by atoms with E-state index in [1.807, 2.05) is 0 Å². The number of halogens is 6. The minimum Gasteiger partial charge on any atom is -0.743 e. The van der Waals surface area contributed by atoms with E-state index in [-0.39, 0.29) is 29.4 Å². The Hall–Kier alpha value is -2.36. The Bertz CT molecular complexity index is 1530. The Kier molecular flexibility index (Phi) is 16.2. The third-order valence-corrected chi connectivity index (χ3v) is 8.68. The maximum absolute atomic E-state index is 14.4. The first kappa shape index (κ1) is 47.6. The lowest BCUT2D eigenvalue weighted by molar-refractivity contribution is -0.151. The smallest absolute Gasteiger partial charge is 0.446 e. The summed E-state index contributed by atoms with van der Waals surface area (Å²) in [6, 6.07) is 0. The van der Waals surface area contributed by atoms with Gasteiger partial charge in [-0.2, -0.15) is 34.8 Å². The molecule has 0 unspecified atom stereocenters. The van der Waals surface area contributed by atoms with Crippen LogP contribution in [-0.2, 0) is 44.7 Å². The lowest BCUT2D eigenvalue weighted by atomic mass is 9.96. The Morgan fingerprint density at radius 3 is 1.38 bits per heavy atom. The Morgan fingerprint density at radius 1 is 0.620 bits per heavy atom. The van der Waals surface area contributed by atoms with Crippen molar-refractivity contribution < 1.29 is 79.6 Å². The molecule has 0 aliphatic heterocycles. The second-order valence-corrected chi connectivity index (χ2v) is 17.7. The zero-order valence-corrected chi connectivity index (χ0v) is 30.3. The molecule has 0 bridgehead atoms. The summed E-state index contributed by atoms with van der Waals surface area (Å²) in [4.78, 5) is 38.0. The van der Waals surface area contributed by atoms with Crippen molar-refractivity contribution in [2.75, 3.05) is 65.4 Å². The SMILES string of the molecule is CC(C)(C)CNCCN(CCN(CCN(CCNC(=O)C(F)(F)S(=O)(=O)O)CC(C)(C)C)C(=O)C(F)(F)S(=O)(=O)[O-])C(=O)C(F)(F)S(=O)(=O)[O-]. The van der Waals surface area contributed by atoms with Crippen molar-refractivity contribution in [3.8, 4) is 0 Å². The van der Waals surface area contributed by atoms with E-state index in [1.54, 1.807) is 41.5 Å². The van der Waals surface area contributed by atoms with Gasteiger partial charge in [-0.3, -0.25) is 23.8 Å². The van der Waals surface area contributed by atoms with E-state index in [0.717, 1.165) is 0 Å². The highest BCUT2D eigenvalue weighted by atomic mass is 32.2. The summed E-state index contributed by atoms with van der Waals surface area (Å²) in [7, 11) is -19.5. The van der Waals surface area contributed by atoms with Crippen LogP contribution >= 0.6 is 0 Å². The number of hydrogen-bond acceptors (Lipinski definition) is 13. The van der Waals surface area contributed by atoms with Crippen molar-refractivity contribution in [2.24, 2.45) is 10.8 Å². The Balaban J connectivity index is 6.43. The first-order valence-corrected chi connectivity index (χ1v) is 18.6. The fourth-order valence-electron chi connectivity index (χ4n) is 3.88. The standard InChI is InChI=1S/C24H43F6N5O12S3/c1-20(2,3)15-31-7-10-34(18(37)23(27,28)49(42,43)44)13-14-35(19(38)24(29,30)50(45,46)47)12-11-33(16-21(4,5)6)9-8-32-17(36)22(25,26)48(39,40)41/h31H,7-16H2,1-6H3,(H,32,36)(H,39,40,41)(H,42,43,44)(H,45,46,47)/p-2. The number of nitrogens with zero attached hydrogens (tertiary/aromatic N) is 3. The van der Waals surface area contributed by atoms with Crippen molar-refractivity contribution in [3.05, 3.63) is 0 Å². The lowest BCUT2D eigenvalue weighted by Gasteiger charge is -2.35. The van der Waals surface area contributed by atoms with Crippen LogP contribution in [-0.4, -0.2) is 153 Å². The van der Waals surface area contributed by atoms with Gasteiger partial charge < -0.3 is 29.5 Å². The molecule has 3 amide bonds. The van der Waals surface area contributed by atoms with E-state index in [4.69, 9.17) is 4.55 Å². The van der Waals surface area contributed by atoms with E-state index < -0.39 is 120 Å². The van der Waals surface area contributed by atoms with Crippen molar-refractivity contribution in [1.29, 1.82) is 0 Å². The highest BCUT2D eigenvalue weighted by molar-refractivity contribution is 7.88. The highest BCUT2D eigenvalue weighted by Gasteiger charge is 2.53. The molecule has 17 nitrogen and oxygen atoms in total. The molecule has 0 aliphatic rings. The molecule has 0 atom stereocenters. The normalized spacial score (nSPS) is 14.1. The number of alkyl halides is 6. The van der Waals surface area contributed by atoms with Crippen molar-refractivity contribution in [1.82, 2.24) is 25.3 Å².